The summed E-state index contributed by atoms with van der Waals surface area (Å²) in [5, 5.41) is 13.3. The largest absolute Gasteiger partial charge is 0.490 e. The van der Waals surface area contributed by atoms with Gasteiger partial charge in [0.15, 0.2) is 0 Å². The van der Waals surface area contributed by atoms with Crippen molar-refractivity contribution in [1.29, 1.82) is 0 Å². The van der Waals surface area contributed by atoms with E-state index in [4.69, 9.17) is 21.5 Å². The maximum absolute atomic E-state index is 12.1. The van der Waals surface area contributed by atoms with E-state index in [1.807, 2.05) is 0 Å². The molecule has 1 heterocycles. The van der Waals surface area contributed by atoms with Crippen LogP contribution >= 0.6 is 11.6 Å². The van der Waals surface area contributed by atoms with Crippen molar-refractivity contribution >= 4 is 23.5 Å². The van der Waals surface area contributed by atoms with Gasteiger partial charge in [0, 0.05) is 25.4 Å². The molecule has 1 rings (SSSR count). The number of alkyl halides is 5. The second-order valence-corrected chi connectivity index (χ2v) is 3.73. The monoisotopic (exact) mass is 319 g/mol. The average molecular weight is 320 g/mol. The predicted molar refractivity (Wildman–Crippen MR) is 59.5 cm³/mol. The number of hydrogen-bond acceptors (Lipinski definition) is 3. The number of amides is 1. The van der Waals surface area contributed by atoms with E-state index in [1.54, 1.807) is 24.1 Å². The van der Waals surface area contributed by atoms with Crippen molar-refractivity contribution in [3.63, 3.8) is 0 Å². The first-order valence-electron chi connectivity index (χ1n) is 4.87. The van der Waals surface area contributed by atoms with Crippen LogP contribution in [0.3, 0.4) is 0 Å². The molecule has 1 unspecified atom stereocenters. The molecule has 1 atom stereocenters. The highest BCUT2D eigenvalue weighted by Crippen LogP contribution is 2.13. The Kier molecular flexibility index (Phi) is 6.97. The van der Waals surface area contributed by atoms with Crippen LogP contribution in [0, 0.1) is 0 Å². The molecule has 1 aromatic heterocycles. The molecule has 0 aliphatic heterocycles. The van der Waals surface area contributed by atoms with E-state index >= 15 is 0 Å². The highest BCUT2D eigenvalue weighted by Gasteiger charge is 2.38. The van der Waals surface area contributed by atoms with E-state index in [-0.39, 0.29) is 6.54 Å². The molecule has 0 radical (unpaired) electrons. The molecule has 0 bridgehead atoms. The third kappa shape index (κ3) is 7.56. The number of carboxylic acid groups (broad SMARTS) is 1. The molecule has 114 valence electrons. The number of halogens is 5. The second-order valence-electron chi connectivity index (χ2n) is 3.34. The zero-order valence-corrected chi connectivity index (χ0v) is 10.7. The summed E-state index contributed by atoms with van der Waals surface area (Å²) in [6, 6.07) is 0. The Hall–Kier alpha value is -1.84. The van der Waals surface area contributed by atoms with Crippen molar-refractivity contribution < 1.29 is 32.3 Å². The predicted octanol–water partition coefficient (Wildman–Crippen LogP) is 1.20. The van der Waals surface area contributed by atoms with E-state index < -0.39 is 23.7 Å². The third-order valence-corrected chi connectivity index (χ3v) is 1.86. The van der Waals surface area contributed by atoms with Gasteiger partial charge in [-0.15, -0.1) is 0 Å². The molecule has 0 fully saturated rings. The fourth-order valence-corrected chi connectivity index (χ4v) is 0.907. The first-order chi connectivity index (χ1) is 9.04. The normalized spacial score (nSPS) is 12.1. The van der Waals surface area contributed by atoms with Gasteiger partial charge in [-0.1, -0.05) is 11.6 Å². The third-order valence-electron chi connectivity index (χ3n) is 1.67. The van der Waals surface area contributed by atoms with Crippen molar-refractivity contribution in [2.45, 2.75) is 18.4 Å². The van der Waals surface area contributed by atoms with Crippen LogP contribution in [0.15, 0.2) is 12.4 Å². The number of rotatable bonds is 3. The molecule has 0 spiro atoms. The van der Waals surface area contributed by atoms with E-state index in [2.05, 4.69) is 10.4 Å². The lowest BCUT2D eigenvalue weighted by Crippen LogP contribution is -2.28. The number of carbonyl (C=O) groups excluding carboxylic acids is 1. The summed E-state index contributed by atoms with van der Waals surface area (Å²) in [6.07, 6.45) is -1.77. The lowest BCUT2D eigenvalue weighted by Gasteiger charge is -2.01. The number of aryl methyl sites for hydroxylation is 1. The zero-order chi connectivity index (χ0) is 15.9. The maximum atomic E-state index is 12.1. The molecule has 2 N–H and O–H groups in total. The number of carbonyl (C=O) groups is 2. The van der Waals surface area contributed by atoms with Gasteiger partial charge in [-0.3, -0.25) is 9.48 Å². The molecular formula is C9H10ClF4N3O3. The Bertz CT molecular complexity index is 462. The van der Waals surface area contributed by atoms with Crippen LogP contribution in [0.4, 0.5) is 17.6 Å². The lowest BCUT2D eigenvalue weighted by atomic mass is 10.3. The highest BCUT2D eigenvalue weighted by atomic mass is 35.5. The van der Waals surface area contributed by atoms with Gasteiger partial charge < -0.3 is 10.4 Å². The minimum absolute atomic E-state index is 0.236. The molecule has 0 aliphatic rings. The first-order valence-corrected chi connectivity index (χ1v) is 5.31. The Labute approximate surface area is 115 Å². The molecule has 1 aromatic rings. The van der Waals surface area contributed by atoms with Crippen LogP contribution < -0.4 is 5.32 Å². The van der Waals surface area contributed by atoms with Gasteiger partial charge in [0.05, 0.1) is 6.20 Å². The van der Waals surface area contributed by atoms with Crippen LogP contribution in [0.2, 0.25) is 0 Å². The molecule has 20 heavy (non-hydrogen) atoms. The van der Waals surface area contributed by atoms with Crippen molar-refractivity contribution in [2.75, 3.05) is 0 Å². The van der Waals surface area contributed by atoms with Crippen LogP contribution in [-0.4, -0.2) is 38.6 Å². The van der Waals surface area contributed by atoms with Gasteiger partial charge in [0.2, 0.25) is 0 Å². The van der Waals surface area contributed by atoms with Gasteiger partial charge in [-0.05, 0) is 0 Å². The lowest BCUT2D eigenvalue weighted by molar-refractivity contribution is -0.192. The van der Waals surface area contributed by atoms with E-state index in [9.17, 15) is 22.4 Å². The van der Waals surface area contributed by atoms with E-state index in [0.29, 0.717) is 0 Å². The fourth-order valence-electron chi connectivity index (χ4n) is 0.829. The van der Waals surface area contributed by atoms with Crippen LogP contribution in [-0.2, 0) is 23.2 Å². The number of hydrogen-bond donors (Lipinski definition) is 2. The topological polar surface area (TPSA) is 84.2 Å². The Morgan fingerprint density at radius 1 is 1.55 bits per heavy atom. The maximum Gasteiger partial charge on any atom is 0.490 e. The van der Waals surface area contributed by atoms with Crippen LogP contribution in [0.5, 0.6) is 0 Å². The zero-order valence-electron chi connectivity index (χ0n) is 9.99. The summed E-state index contributed by atoms with van der Waals surface area (Å²) in [4.78, 5) is 19.6. The van der Waals surface area contributed by atoms with Crippen molar-refractivity contribution in [1.82, 2.24) is 15.1 Å². The molecule has 0 saturated heterocycles. The Morgan fingerprint density at radius 3 is 2.35 bits per heavy atom. The quantitative estimate of drug-likeness (QED) is 0.648. The van der Waals surface area contributed by atoms with Gasteiger partial charge in [-0.25, -0.2) is 9.18 Å². The van der Waals surface area contributed by atoms with Gasteiger partial charge in [0.25, 0.3) is 11.5 Å². The van der Waals surface area contributed by atoms with Crippen LogP contribution in [0.25, 0.3) is 0 Å². The summed E-state index contributed by atoms with van der Waals surface area (Å²) in [6.45, 7) is 0.236. The summed E-state index contributed by atoms with van der Waals surface area (Å²) >= 11 is 4.90. The molecule has 11 heteroatoms. The summed E-state index contributed by atoms with van der Waals surface area (Å²) in [5.74, 6) is -3.59. The number of carboxylic acids is 1. The number of nitrogens with one attached hydrogen (secondary N) is 1. The van der Waals surface area contributed by atoms with Crippen molar-refractivity contribution in [3.05, 3.63) is 18.0 Å². The number of aliphatic carboxylic acids is 1. The SMILES string of the molecule is Cn1cc(CNC(=O)C(F)Cl)cn1.O=C(O)C(F)(F)F. The van der Waals surface area contributed by atoms with Crippen LogP contribution in [0.1, 0.15) is 5.56 Å². The first kappa shape index (κ1) is 18.2. The fraction of sp³-hybridized carbons (Fsp3) is 0.444. The molecular weight excluding hydrogens is 310 g/mol. The molecule has 0 saturated carbocycles. The van der Waals surface area contributed by atoms with Crippen molar-refractivity contribution in [3.8, 4) is 0 Å². The number of aromatic nitrogens is 2. The molecule has 0 aromatic carbocycles. The Morgan fingerprint density at radius 2 is 2.05 bits per heavy atom. The van der Waals surface area contributed by atoms with Crippen molar-refractivity contribution in [2.24, 2.45) is 7.05 Å². The van der Waals surface area contributed by atoms with Gasteiger partial charge >= 0.3 is 12.1 Å². The summed E-state index contributed by atoms with van der Waals surface area (Å²) in [7, 11) is 1.75. The second kappa shape index (κ2) is 7.68. The molecule has 6 nitrogen and oxygen atoms in total. The Balaban J connectivity index is 0.000000441. The molecule has 1 amide bonds. The number of nitrogens with zero attached hydrogens (tertiary/aromatic N) is 2. The summed E-state index contributed by atoms with van der Waals surface area (Å²) < 4.78 is 45.5. The minimum Gasteiger partial charge on any atom is -0.475 e. The standard InChI is InChI=1S/C7H9ClFN3O.C2HF3O2/c1-12-4-5(3-11-12)2-10-7(13)6(8)9;3-2(4,5)1(6)7/h3-4,6H,2H2,1H3,(H,10,13);(H,6,7). The van der Waals surface area contributed by atoms with Gasteiger partial charge in [0.1, 0.15) is 0 Å². The smallest absolute Gasteiger partial charge is 0.475 e. The molecule has 0 aliphatic carbocycles. The van der Waals surface area contributed by atoms with E-state index in [0.717, 1.165) is 5.56 Å². The van der Waals surface area contributed by atoms with E-state index in [1.165, 1.54) is 0 Å². The highest BCUT2D eigenvalue weighted by molar-refractivity contribution is 6.29. The minimum atomic E-state index is -5.08. The average Bonchev–Trinajstić information content (AvgIpc) is 2.71. The summed E-state index contributed by atoms with van der Waals surface area (Å²) in [5.41, 5.74) is -1.19. The van der Waals surface area contributed by atoms with Gasteiger partial charge in [-0.2, -0.15) is 18.3 Å².